The van der Waals surface area contributed by atoms with E-state index in [-0.39, 0.29) is 11.6 Å². The van der Waals surface area contributed by atoms with Gasteiger partial charge in [-0.25, -0.2) is 14.4 Å². The standard InChI is InChI=1S/C23H24FN3O3/c1-28-21-8-17-19(26-13-27-23(17)30-20-5-3-2-4-18(20)24)9-22(21)29-12-14-6-15-10-25-11-16(15)7-14/h2-5,8-9,13-16,25H,6-7,10-12H2,1H3. The van der Waals surface area contributed by atoms with Crippen LogP contribution in [-0.2, 0) is 0 Å². The summed E-state index contributed by atoms with van der Waals surface area (Å²) in [4.78, 5) is 8.53. The lowest BCUT2D eigenvalue weighted by Gasteiger charge is -2.16. The van der Waals surface area contributed by atoms with Gasteiger partial charge in [-0.2, -0.15) is 0 Å². The highest BCUT2D eigenvalue weighted by molar-refractivity contribution is 5.87. The summed E-state index contributed by atoms with van der Waals surface area (Å²) < 4.78 is 31.4. The van der Waals surface area contributed by atoms with E-state index in [2.05, 4.69) is 15.3 Å². The minimum atomic E-state index is -0.451. The van der Waals surface area contributed by atoms with Crippen LogP contribution in [0.1, 0.15) is 12.8 Å². The molecule has 3 aromatic rings. The van der Waals surface area contributed by atoms with Crippen molar-refractivity contribution in [2.24, 2.45) is 17.8 Å². The zero-order valence-corrected chi connectivity index (χ0v) is 16.8. The third-order valence-corrected chi connectivity index (χ3v) is 6.15. The molecular weight excluding hydrogens is 385 g/mol. The van der Waals surface area contributed by atoms with Gasteiger partial charge in [0.2, 0.25) is 5.88 Å². The minimum Gasteiger partial charge on any atom is -0.493 e. The van der Waals surface area contributed by atoms with Crippen molar-refractivity contribution in [3.05, 3.63) is 48.5 Å². The number of nitrogens with zero attached hydrogens (tertiary/aromatic N) is 2. The van der Waals surface area contributed by atoms with E-state index in [0.717, 1.165) is 24.9 Å². The maximum Gasteiger partial charge on any atom is 0.230 e. The molecule has 1 saturated heterocycles. The Morgan fingerprint density at radius 1 is 1.03 bits per heavy atom. The van der Waals surface area contributed by atoms with E-state index in [1.165, 1.54) is 25.2 Å². The molecule has 1 aliphatic carbocycles. The number of ether oxygens (including phenoxy) is 3. The average molecular weight is 409 g/mol. The second-order valence-corrected chi connectivity index (χ2v) is 8.06. The van der Waals surface area contributed by atoms with Crippen molar-refractivity contribution in [1.29, 1.82) is 0 Å². The monoisotopic (exact) mass is 409 g/mol. The number of halogens is 1. The number of benzene rings is 2. The molecule has 7 heteroatoms. The summed E-state index contributed by atoms with van der Waals surface area (Å²) in [5.41, 5.74) is 0.652. The summed E-state index contributed by atoms with van der Waals surface area (Å²) in [6, 6.07) is 9.85. The second kappa shape index (κ2) is 8.07. The molecule has 2 atom stereocenters. The Morgan fingerprint density at radius 2 is 1.83 bits per heavy atom. The first-order valence-corrected chi connectivity index (χ1v) is 10.3. The van der Waals surface area contributed by atoms with E-state index in [1.54, 1.807) is 31.4 Å². The van der Waals surface area contributed by atoms with Crippen LogP contribution in [0.3, 0.4) is 0 Å². The molecule has 1 aromatic heterocycles. The van der Waals surface area contributed by atoms with Gasteiger partial charge in [-0.3, -0.25) is 0 Å². The van der Waals surface area contributed by atoms with Crippen LogP contribution in [0.2, 0.25) is 0 Å². The maximum absolute atomic E-state index is 14.0. The van der Waals surface area contributed by atoms with Crippen LogP contribution in [-0.4, -0.2) is 36.8 Å². The third-order valence-electron chi connectivity index (χ3n) is 6.15. The number of methoxy groups -OCH3 is 1. The van der Waals surface area contributed by atoms with Crippen LogP contribution in [0.4, 0.5) is 4.39 Å². The molecule has 0 bridgehead atoms. The molecule has 0 radical (unpaired) electrons. The van der Waals surface area contributed by atoms with E-state index in [1.807, 2.05) is 6.07 Å². The van der Waals surface area contributed by atoms with Crippen LogP contribution in [0.15, 0.2) is 42.7 Å². The molecule has 1 aliphatic heterocycles. The Hall–Kier alpha value is -2.93. The van der Waals surface area contributed by atoms with Crippen molar-refractivity contribution < 1.29 is 18.6 Å². The second-order valence-electron chi connectivity index (χ2n) is 8.06. The highest BCUT2D eigenvalue weighted by Crippen LogP contribution is 2.40. The summed E-state index contributed by atoms with van der Waals surface area (Å²) in [5.74, 6) is 3.28. The summed E-state index contributed by atoms with van der Waals surface area (Å²) >= 11 is 0. The fourth-order valence-corrected chi connectivity index (χ4v) is 4.66. The SMILES string of the molecule is COc1cc2c(Oc3ccccc3F)ncnc2cc1OCC1CC2CNCC2C1. The van der Waals surface area contributed by atoms with Crippen molar-refractivity contribution in [1.82, 2.24) is 15.3 Å². The zero-order chi connectivity index (χ0) is 20.5. The number of para-hydroxylation sites is 1. The largest absolute Gasteiger partial charge is 0.493 e. The van der Waals surface area contributed by atoms with Crippen LogP contribution in [0.25, 0.3) is 10.9 Å². The molecule has 2 aromatic carbocycles. The van der Waals surface area contributed by atoms with Gasteiger partial charge in [0, 0.05) is 6.07 Å². The molecule has 0 amide bonds. The molecule has 5 rings (SSSR count). The number of aromatic nitrogens is 2. The predicted molar refractivity (Wildman–Crippen MR) is 111 cm³/mol. The molecule has 156 valence electrons. The normalized spacial score (nSPS) is 22.8. The minimum absolute atomic E-state index is 0.109. The quantitative estimate of drug-likeness (QED) is 0.659. The maximum atomic E-state index is 14.0. The Bertz CT molecular complexity index is 1050. The number of fused-ring (bicyclic) bond motifs is 2. The van der Waals surface area contributed by atoms with Gasteiger partial charge >= 0.3 is 0 Å². The van der Waals surface area contributed by atoms with Gasteiger partial charge in [-0.15, -0.1) is 0 Å². The molecule has 2 fully saturated rings. The van der Waals surface area contributed by atoms with Gasteiger partial charge in [-0.05, 0) is 61.9 Å². The van der Waals surface area contributed by atoms with Crippen molar-refractivity contribution in [2.75, 3.05) is 26.8 Å². The first-order valence-electron chi connectivity index (χ1n) is 10.3. The van der Waals surface area contributed by atoms with Gasteiger partial charge in [0.05, 0.1) is 24.6 Å². The van der Waals surface area contributed by atoms with Crippen LogP contribution >= 0.6 is 0 Å². The summed E-state index contributed by atoms with van der Waals surface area (Å²) in [6.45, 7) is 2.92. The van der Waals surface area contributed by atoms with Crippen molar-refractivity contribution in [3.63, 3.8) is 0 Å². The van der Waals surface area contributed by atoms with E-state index >= 15 is 0 Å². The Labute approximate surface area is 174 Å². The highest BCUT2D eigenvalue weighted by Gasteiger charge is 2.37. The van der Waals surface area contributed by atoms with Gasteiger partial charge in [0.25, 0.3) is 0 Å². The Balaban J connectivity index is 1.38. The van der Waals surface area contributed by atoms with Crippen molar-refractivity contribution >= 4 is 10.9 Å². The summed E-state index contributed by atoms with van der Waals surface area (Å²) in [7, 11) is 1.60. The lowest BCUT2D eigenvalue weighted by atomic mass is 10.0. The lowest BCUT2D eigenvalue weighted by molar-refractivity contribution is 0.234. The van der Waals surface area contributed by atoms with Crippen molar-refractivity contribution in [3.8, 4) is 23.1 Å². The number of hydrogen-bond donors (Lipinski definition) is 1. The zero-order valence-electron chi connectivity index (χ0n) is 16.8. The molecule has 6 nitrogen and oxygen atoms in total. The molecule has 1 N–H and O–H groups in total. The number of rotatable bonds is 6. The van der Waals surface area contributed by atoms with Crippen molar-refractivity contribution in [2.45, 2.75) is 12.8 Å². The average Bonchev–Trinajstić information content (AvgIpc) is 3.35. The van der Waals surface area contributed by atoms with Crippen LogP contribution in [0.5, 0.6) is 23.1 Å². The van der Waals surface area contributed by atoms with Gasteiger partial charge in [0.1, 0.15) is 6.33 Å². The van der Waals surface area contributed by atoms with Gasteiger partial charge < -0.3 is 19.5 Å². The molecule has 2 aliphatic rings. The molecule has 2 unspecified atom stereocenters. The first kappa shape index (κ1) is 19.1. The summed E-state index contributed by atoms with van der Waals surface area (Å²) in [6.07, 6.45) is 3.81. The third kappa shape index (κ3) is 3.65. The molecule has 1 saturated carbocycles. The smallest absolute Gasteiger partial charge is 0.230 e. The van der Waals surface area contributed by atoms with E-state index in [4.69, 9.17) is 14.2 Å². The van der Waals surface area contributed by atoms with E-state index in [0.29, 0.717) is 34.9 Å². The molecule has 0 spiro atoms. The van der Waals surface area contributed by atoms with Crippen LogP contribution in [0, 0.1) is 23.6 Å². The topological polar surface area (TPSA) is 65.5 Å². The van der Waals surface area contributed by atoms with E-state index < -0.39 is 5.82 Å². The summed E-state index contributed by atoms with van der Waals surface area (Å²) in [5, 5.41) is 4.10. The van der Waals surface area contributed by atoms with E-state index in [9.17, 15) is 4.39 Å². The predicted octanol–water partition coefficient (Wildman–Crippen LogP) is 4.19. The fraction of sp³-hybridized carbons (Fsp3) is 0.391. The van der Waals surface area contributed by atoms with Gasteiger partial charge in [0.15, 0.2) is 23.1 Å². The Morgan fingerprint density at radius 3 is 2.60 bits per heavy atom. The van der Waals surface area contributed by atoms with Crippen LogP contribution < -0.4 is 19.5 Å². The lowest BCUT2D eigenvalue weighted by Crippen LogP contribution is -2.15. The highest BCUT2D eigenvalue weighted by atomic mass is 19.1. The molecule has 30 heavy (non-hydrogen) atoms. The molecule has 2 heterocycles. The Kier molecular flexibility index (Phi) is 5.12. The number of hydrogen-bond acceptors (Lipinski definition) is 6. The van der Waals surface area contributed by atoms with Gasteiger partial charge in [-0.1, -0.05) is 12.1 Å². The first-order chi connectivity index (χ1) is 14.7. The fourth-order valence-electron chi connectivity index (χ4n) is 4.66. The molecular formula is C23H24FN3O3. The number of nitrogens with one attached hydrogen (secondary N) is 1.